The third-order valence-electron chi connectivity index (χ3n) is 4.50. The molecule has 2 heterocycles. The molecule has 1 aliphatic heterocycles. The lowest BCUT2D eigenvalue weighted by Crippen LogP contribution is -2.46. The molecule has 1 aromatic heterocycles. The van der Waals surface area contributed by atoms with Crippen molar-refractivity contribution in [1.29, 1.82) is 0 Å². The zero-order chi connectivity index (χ0) is 13.8. The van der Waals surface area contributed by atoms with Crippen molar-refractivity contribution in [3.05, 3.63) is 58.3 Å². The number of piperidine rings is 1. The second-order valence-corrected chi connectivity index (χ2v) is 6.67. The van der Waals surface area contributed by atoms with Gasteiger partial charge in [-0.05, 0) is 42.9 Å². The van der Waals surface area contributed by atoms with Crippen molar-refractivity contribution in [2.75, 3.05) is 19.6 Å². The smallest absolute Gasteiger partial charge is 0.0233 e. The summed E-state index contributed by atoms with van der Waals surface area (Å²) in [6.45, 7) is 4.12. The van der Waals surface area contributed by atoms with Crippen molar-refractivity contribution in [1.82, 2.24) is 4.90 Å². The molecule has 3 heteroatoms. The summed E-state index contributed by atoms with van der Waals surface area (Å²) in [6, 6.07) is 15.1. The summed E-state index contributed by atoms with van der Waals surface area (Å²) >= 11 is 1.86. The fraction of sp³-hybridized carbons (Fsp3) is 0.412. The molecule has 0 radical (unpaired) electrons. The molecule has 2 N–H and O–H groups in total. The van der Waals surface area contributed by atoms with Crippen LogP contribution in [0, 0.1) is 0 Å². The van der Waals surface area contributed by atoms with Crippen LogP contribution in [0.4, 0.5) is 0 Å². The summed E-state index contributed by atoms with van der Waals surface area (Å²) in [7, 11) is 0. The van der Waals surface area contributed by atoms with E-state index in [1.807, 2.05) is 11.3 Å². The van der Waals surface area contributed by atoms with Gasteiger partial charge in [-0.15, -0.1) is 11.3 Å². The molecule has 0 aliphatic carbocycles. The molecule has 106 valence electrons. The molecule has 0 atom stereocenters. The predicted octanol–water partition coefficient (Wildman–Crippen LogP) is 3.24. The second-order valence-electron chi connectivity index (χ2n) is 5.72. The van der Waals surface area contributed by atoms with E-state index >= 15 is 0 Å². The Bertz CT molecular complexity index is 513. The Kier molecular flexibility index (Phi) is 4.20. The van der Waals surface area contributed by atoms with Gasteiger partial charge in [-0.3, -0.25) is 4.90 Å². The summed E-state index contributed by atoms with van der Waals surface area (Å²) in [4.78, 5) is 4.02. The van der Waals surface area contributed by atoms with Crippen molar-refractivity contribution in [3.63, 3.8) is 0 Å². The fourth-order valence-corrected chi connectivity index (χ4v) is 4.11. The van der Waals surface area contributed by atoms with Gasteiger partial charge in [0.15, 0.2) is 0 Å². The van der Waals surface area contributed by atoms with Gasteiger partial charge >= 0.3 is 0 Å². The van der Waals surface area contributed by atoms with E-state index in [9.17, 15) is 0 Å². The van der Waals surface area contributed by atoms with Crippen LogP contribution in [-0.4, -0.2) is 24.5 Å². The van der Waals surface area contributed by atoms with Crippen molar-refractivity contribution in [3.8, 4) is 0 Å². The first-order valence-electron chi connectivity index (χ1n) is 7.33. The van der Waals surface area contributed by atoms with Gasteiger partial charge in [0.1, 0.15) is 0 Å². The van der Waals surface area contributed by atoms with Gasteiger partial charge in [-0.25, -0.2) is 0 Å². The minimum Gasteiger partial charge on any atom is -0.330 e. The molecule has 0 amide bonds. The van der Waals surface area contributed by atoms with E-state index in [4.69, 9.17) is 5.73 Å². The monoisotopic (exact) mass is 286 g/mol. The maximum Gasteiger partial charge on any atom is 0.0233 e. The fourth-order valence-electron chi connectivity index (χ4n) is 3.11. The van der Waals surface area contributed by atoms with Crippen molar-refractivity contribution in [2.24, 2.45) is 5.73 Å². The lowest BCUT2D eigenvalue weighted by molar-refractivity contribution is 0.158. The molecule has 0 saturated carbocycles. The Balaban J connectivity index is 1.64. The van der Waals surface area contributed by atoms with Gasteiger partial charge in [0, 0.05) is 23.4 Å². The molecule has 20 heavy (non-hydrogen) atoms. The Labute approximate surface area is 125 Å². The van der Waals surface area contributed by atoms with Crippen LogP contribution >= 0.6 is 11.3 Å². The number of nitrogens with two attached hydrogens (primary N) is 1. The SMILES string of the molecule is NCC1(c2cccs2)CCN(Cc2ccccc2)CC1. The van der Waals surface area contributed by atoms with E-state index in [2.05, 4.69) is 52.7 Å². The van der Waals surface area contributed by atoms with Gasteiger partial charge in [-0.1, -0.05) is 36.4 Å². The maximum absolute atomic E-state index is 6.12. The number of nitrogens with zero attached hydrogens (tertiary/aromatic N) is 1. The largest absolute Gasteiger partial charge is 0.330 e. The third-order valence-corrected chi connectivity index (χ3v) is 5.61. The van der Waals surface area contributed by atoms with Gasteiger partial charge < -0.3 is 5.73 Å². The first-order valence-corrected chi connectivity index (χ1v) is 8.21. The highest BCUT2D eigenvalue weighted by Crippen LogP contribution is 2.37. The van der Waals surface area contributed by atoms with Crippen LogP contribution in [0.15, 0.2) is 47.8 Å². The highest BCUT2D eigenvalue weighted by Gasteiger charge is 2.35. The second kappa shape index (κ2) is 6.08. The number of hydrogen-bond donors (Lipinski definition) is 1. The number of hydrogen-bond acceptors (Lipinski definition) is 3. The lowest BCUT2D eigenvalue weighted by atomic mass is 9.77. The third kappa shape index (κ3) is 2.80. The Morgan fingerprint density at radius 1 is 1.05 bits per heavy atom. The molecule has 1 saturated heterocycles. The average molecular weight is 286 g/mol. The van der Waals surface area contributed by atoms with E-state index in [0.717, 1.165) is 26.2 Å². The summed E-state index contributed by atoms with van der Waals surface area (Å²) < 4.78 is 0. The van der Waals surface area contributed by atoms with Gasteiger partial charge in [0.05, 0.1) is 0 Å². The minimum absolute atomic E-state index is 0.224. The van der Waals surface area contributed by atoms with Crippen molar-refractivity contribution < 1.29 is 0 Å². The predicted molar refractivity (Wildman–Crippen MR) is 86.0 cm³/mol. The minimum atomic E-state index is 0.224. The zero-order valence-corrected chi connectivity index (χ0v) is 12.6. The normalized spacial score (nSPS) is 19.1. The molecule has 0 spiro atoms. The Hall–Kier alpha value is -1.16. The molecule has 1 fully saturated rings. The van der Waals surface area contributed by atoms with E-state index in [1.165, 1.54) is 23.3 Å². The molecule has 1 aliphatic rings. The quantitative estimate of drug-likeness (QED) is 0.935. The molecule has 2 nitrogen and oxygen atoms in total. The summed E-state index contributed by atoms with van der Waals surface area (Å²) in [5.74, 6) is 0. The maximum atomic E-state index is 6.12. The number of thiophene rings is 1. The summed E-state index contributed by atoms with van der Waals surface area (Å²) in [5.41, 5.74) is 7.75. The summed E-state index contributed by atoms with van der Waals surface area (Å²) in [5, 5.41) is 2.17. The molecule has 2 aromatic rings. The topological polar surface area (TPSA) is 29.3 Å². The first-order chi connectivity index (χ1) is 9.82. The number of rotatable bonds is 4. The van der Waals surface area contributed by atoms with Gasteiger partial charge in [0.25, 0.3) is 0 Å². The van der Waals surface area contributed by atoms with Gasteiger partial charge in [0.2, 0.25) is 0 Å². The van der Waals surface area contributed by atoms with Crippen LogP contribution in [-0.2, 0) is 12.0 Å². The van der Waals surface area contributed by atoms with E-state index in [0.29, 0.717) is 0 Å². The van der Waals surface area contributed by atoms with E-state index in [1.54, 1.807) is 0 Å². The van der Waals surface area contributed by atoms with Crippen LogP contribution in [0.1, 0.15) is 23.3 Å². The molecular formula is C17H22N2S. The Morgan fingerprint density at radius 2 is 1.80 bits per heavy atom. The Morgan fingerprint density at radius 3 is 2.40 bits per heavy atom. The molecule has 0 unspecified atom stereocenters. The number of benzene rings is 1. The van der Waals surface area contributed by atoms with E-state index < -0.39 is 0 Å². The standard InChI is InChI=1S/C17H22N2S/c18-14-17(16-7-4-12-20-16)8-10-19(11-9-17)13-15-5-2-1-3-6-15/h1-7,12H,8-11,13-14,18H2. The molecule has 1 aromatic carbocycles. The van der Waals surface area contributed by atoms with Crippen LogP contribution in [0.25, 0.3) is 0 Å². The van der Waals surface area contributed by atoms with Crippen molar-refractivity contribution in [2.45, 2.75) is 24.8 Å². The van der Waals surface area contributed by atoms with Crippen LogP contribution in [0.5, 0.6) is 0 Å². The average Bonchev–Trinajstić information content (AvgIpc) is 3.04. The van der Waals surface area contributed by atoms with E-state index in [-0.39, 0.29) is 5.41 Å². The lowest BCUT2D eigenvalue weighted by Gasteiger charge is -2.40. The molecule has 0 bridgehead atoms. The molecular weight excluding hydrogens is 264 g/mol. The zero-order valence-electron chi connectivity index (χ0n) is 11.8. The van der Waals surface area contributed by atoms with Gasteiger partial charge in [-0.2, -0.15) is 0 Å². The van der Waals surface area contributed by atoms with Crippen LogP contribution in [0.3, 0.4) is 0 Å². The highest BCUT2D eigenvalue weighted by atomic mass is 32.1. The molecule has 3 rings (SSSR count). The number of likely N-dealkylation sites (tertiary alicyclic amines) is 1. The first kappa shape index (κ1) is 13.8. The van der Waals surface area contributed by atoms with Crippen molar-refractivity contribution >= 4 is 11.3 Å². The van der Waals surface area contributed by atoms with Crippen LogP contribution < -0.4 is 5.73 Å². The van der Waals surface area contributed by atoms with Crippen LogP contribution in [0.2, 0.25) is 0 Å². The summed E-state index contributed by atoms with van der Waals surface area (Å²) in [6.07, 6.45) is 2.35. The highest BCUT2D eigenvalue weighted by molar-refractivity contribution is 7.10.